The number of aromatic nitrogens is 12. The van der Waals surface area contributed by atoms with Crippen molar-refractivity contribution >= 4 is 76.3 Å². The molecule has 20 rings (SSSR count). The van der Waals surface area contributed by atoms with Gasteiger partial charge in [0.2, 0.25) is 0 Å². The minimum atomic E-state index is -0.815. The van der Waals surface area contributed by atoms with Gasteiger partial charge in [-0.3, -0.25) is 24.7 Å². The smallest absolute Gasteiger partial charge is 1.00 e. The molecule has 20 heteroatoms. The third-order valence-electron chi connectivity index (χ3n) is 27.5. The van der Waals surface area contributed by atoms with Crippen LogP contribution < -0.4 is 17.0 Å². The number of aliphatic hydroxyl groups excluding tert-OH is 1. The first-order valence-electron chi connectivity index (χ1n) is 41.4. The van der Waals surface area contributed by atoms with Crippen LogP contribution in [0.2, 0.25) is 0 Å². The van der Waals surface area contributed by atoms with Gasteiger partial charge in [0, 0.05) is 36.8 Å². The van der Waals surface area contributed by atoms with E-state index in [4.69, 9.17) is 23.2 Å². The molecular formula is C100H107BrCl2MgN12O4. The molecule has 0 spiro atoms. The number of hydrogen-bond acceptors (Lipinski definition) is 12. The van der Waals surface area contributed by atoms with Gasteiger partial charge in [0.15, 0.2) is 5.78 Å². The molecule has 8 aromatic heterocycles. The molecule has 8 heterocycles. The minimum Gasteiger partial charge on any atom is -1.00 e. The van der Waals surface area contributed by atoms with Crippen LogP contribution in [0.1, 0.15) is 197 Å². The summed E-state index contributed by atoms with van der Waals surface area (Å²) in [6.07, 6.45) is 47.1. The predicted molar refractivity (Wildman–Crippen MR) is 477 cm³/mol. The summed E-state index contributed by atoms with van der Waals surface area (Å²) < 4.78 is 7.99. The van der Waals surface area contributed by atoms with Crippen molar-refractivity contribution in [3.8, 4) is 22.7 Å². The number of carbonyl (C=O) groups excluding carboxylic acids is 1. The summed E-state index contributed by atoms with van der Waals surface area (Å²) in [5.41, 5.74) is 22.2. The third-order valence-corrected chi connectivity index (χ3v) is 27.5. The summed E-state index contributed by atoms with van der Waals surface area (Å²) in [6.45, 7) is 13.4. The molecule has 3 unspecified atom stereocenters. The quantitative estimate of drug-likeness (QED) is 0.0358. The summed E-state index contributed by atoms with van der Waals surface area (Å²) in [5.74, 6) is 1.99. The molecule has 12 aromatic rings. The first-order chi connectivity index (χ1) is 56.7. The molecule has 16 nitrogen and oxygen atoms in total. The van der Waals surface area contributed by atoms with Crippen molar-refractivity contribution in [2.75, 3.05) is 5.34 Å². The van der Waals surface area contributed by atoms with Gasteiger partial charge in [-0.15, -0.1) is 23.2 Å². The fraction of sp³-hybridized carbons (Fsp3) is 0.340. The van der Waals surface area contributed by atoms with Crippen molar-refractivity contribution in [1.82, 2.24) is 59.1 Å². The number of alkyl halides is 2. The molecule has 4 fully saturated rings. The zero-order chi connectivity index (χ0) is 81.1. The number of aliphatic hydroxyl groups is 3. The number of ketones is 1. The van der Waals surface area contributed by atoms with Crippen molar-refractivity contribution in [1.29, 1.82) is 0 Å². The maximum atomic E-state index is 12.8. The van der Waals surface area contributed by atoms with Crippen LogP contribution in [0.4, 0.5) is 0 Å². The predicted octanol–water partition coefficient (Wildman–Crippen LogP) is 18.0. The van der Waals surface area contributed by atoms with Crippen LogP contribution >= 0.6 is 23.2 Å². The van der Waals surface area contributed by atoms with E-state index in [0.29, 0.717) is 30.1 Å². The number of pyridine rings is 4. The fourth-order valence-corrected chi connectivity index (χ4v) is 20.7. The molecule has 8 aliphatic carbocycles. The molecule has 120 heavy (non-hydrogen) atoms. The Bertz CT molecular complexity index is 5420. The van der Waals surface area contributed by atoms with E-state index >= 15 is 0 Å². The second kappa shape index (κ2) is 37.6. The summed E-state index contributed by atoms with van der Waals surface area (Å²) in [5, 5.41) is 52.1. The van der Waals surface area contributed by atoms with Gasteiger partial charge in [-0.25, -0.2) is 18.7 Å². The van der Waals surface area contributed by atoms with Crippen LogP contribution in [0.5, 0.6) is 0 Å². The first-order valence-corrected chi connectivity index (χ1v) is 42.5. The van der Waals surface area contributed by atoms with Crippen LogP contribution in [0.15, 0.2) is 267 Å². The Morgan fingerprint density at radius 2 is 0.708 bits per heavy atom. The van der Waals surface area contributed by atoms with E-state index < -0.39 is 17.3 Å². The van der Waals surface area contributed by atoms with Crippen LogP contribution in [0.25, 0.3) is 47.1 Å². The van der Waals surface area contributed by atoms with Crippen LogP contribution in [-0.4, -0.2) is 109 Å². The Labute approximate surface area is 743 Å². The summed E-state index contributed by atoms with van der Waals surface area (Å²) in [4.78, 5) is 29.8. The van der Waals surface area contributed by atoms with Gasteiger partial charge in [-0.2, -0.15) is 20.4 Å². The number of hydrogen-bond donors (Lipinski definition) is 3. The summed E-state index contributed by atoms with van der Waals surface area (Å²) in [7, 11) is 0. The van der Waals surface area contributed by atoms with E-state index in [1.807, 2.05) is 252 Å². The maximum absolute atomic E-state index is 12.8. The van der Waals surface area contributed by atoms with Crippen molar-refractivity contribution < 1.29 is 37.1 Å². The molecular weight excluding hydrogens is 1610 g/mol. The zero-order valence-corrected chi connectivity index (χ0v) is 74.3. The average molecular weight is 1720 g/mol. The zero-order valence-electron chi connectivity index (χ0n) is 69.8. The van der Waals surface area contributed by atoms with E-state index in [1.54, 1.807) is 24.8 Å². The van der Waals surface area contributed by atoms with Gasteiger partial charge in [0.05, 0.1) is 118 Å². The van der Waals surface area contributed by atoms with Gasteiger partial charge < -0.3 is 39.7 Å². The Hall–Kier alpha value is -9.34. The van der Waals surface area contributed by atoms with Crippen molar-refractivity contribution in [2.24, 2.45) is 45.3 Å². The molecule has 0 bridgehead atoms. The van der Waals surface area contributed by atoms with Gasteiger partial charge in [0.25, 0.3) is 0 Å². The Morgan fingerprint density at radius 3 is 1.02 bits per heavy atom. The first kappa shape index (κ1) is 88.4. The van der Waals surface area contributed by atoms with Gasteiger partial charge in [0.1, 0.15) is 0 Å². The molecule has 0 saturated heterocycles. The van der Waals surface area contributed by atoms with Crippen LogP contribution in [0.3, 0.4) is 0 Å². The van der Waals surface area contributed by atoms with E-state index in [9.17, 15) is 20.1 Å². The molecule has 0 radical (unpaired) electrons. The second-order valence-electron chi connectivity index (χ2n) is 34.7. The summed E-state index contributed by atoms with van der Waals surface area (Å²) in [6, 6.07) is 55.8. The Morgan fingerprint density at radius 1 is 0.425 bits per heavy atom. The third kappa shape index (κ3) is 18.0. The van der Waals surface area contributed by atoms with Gasteiger partial charge in [-0.05, 0) is 267 Å². The second-order valence-corrected chi connectivity index (χ2v) is 35.5. The summed E-state index contributed by atoms with van der Waals surface area (Å²) >= 11 is 9.53. The Balaban J connectivity index is 0.000000136. The van der Waals surface area contributed by atoms with Crippen molar-refractivity contribution in [3.05, 3.63) is 341 Å². The van der Waals surface area contributed by atoms with E-state index in [2.05, 4.69) is 92.3 Å². The molecule has 614 valence electrons. The normalized spacial score (nSPS) is 23.3. The van der Waals surface area contributed by atoms with Gasteiger partial charge in [-0.1, -0.05) is 171 Å². The molecule has 0 aliphatic heterocycles. The number of carbonyl (C=O) groups is 1. The van der Waals surface area contributed by atoms with Gasteiger partial charge >= 0.3 is 23.1 Å². The number of halogens is 3. The molecule has 3 N–H and O–H groups in total. The fourth-order valence-electron chi connectivity index (χ4n) is 20.7. The van der Waals surface area contributed by atoms with Crippen LogP contribution in [-0.2, 0) is 36.9 Å². The monoisotopic (exact) mass is 1710 g/mol. The number of allylic oxidation sites excluding steroid dienone is 4. The van der Waals surface area contributed by atoms with Crippen molar-refractivity contribution in [2.45, 2.75) is 162 Å². The van der Waals surface area contributed by atoms with E-state index in [1.165, 1.54) is 61.6 Å². The largest absolute Gasteiger partial charge is 2.00 e. The number of fused-ring (bicyclic) bond motifs is 8. The number of nitrogens with zero attached hydrogens (tertiary/aromatic N) is 12. The number of benzene rings is 4. The molecule has 8 aliphatic rings. The molecule has 11 atom stereocenters. The minimum absolute atomic E-state index is 0. The SMILES string of the molecule is CC(O)(C[C@H]1CCC2=Cc3c(cnn3-c3cccnc3)C[C@@]21C)c1ccccc1.CC(O)(C[C@H]1CCC2=Cc3c(cnn3-c3cccnc3)C[C@@]21C)c1ccccc1.C[C@]12Cc3cnn(-c4cccnc4)c3C=C1CC[C@@H]2CC(=O)c1ccccc1.C[C@]12Cc3cnn(-c4cccnc4)c3C=C1CC[C@@H]2CC(O)c1ccccc1.ClCCl.[Br-].[CH3-].[Mg+2]. The maximum Gasteiger partial charge on any atom is 2.00 e. The standard InChI is InChI=1S/2C25H27N3O.C24H25N3O.C24H23N3O.CH2Cl2.CH3.BrH.Mg/c2*1-24-14-18-16-27-28(22-9-6-12-26-17-22)23(18)13-20(24)10-11-21(24)15-25(2,29)19-7-4-3-5-8-19;2*1-24-14-18-15-26-27(21-8-5-11-25-16-21)22(18)12-19(24)9-10-20(24)13-23(28)17-6-3-2-4-7-17;2-1-3;;;/h2*3-9,12-13,16-17,21,29H,10-11,14-15H2,1-2H3;2-8,11-12,15-16,20,23,28H,9-10,13-14H2,1H3;2-8,11-12,15-16,20H,9-10,13-14H2,1H3;1H2;1H3;1H;/q;;;;;-1;;+2/p-1/t2*21-,24+,25?;20-,23?,24+;20-,24+;;;;/m1111..../s1. The number of Topliss-reactive ketones (excluding diaryl/α,β-unsaturated/α-hetero) is 1. The number of rotatable bonds is 16. The Kier molecular flexibility index (Phi) is 27.7. The van der Waals surface area contributed by atoms with Crippen LogP contribution in [0, 0.1) is 52.8 Å². The molecule has 4 saturated carbocycles. The van der Waals surface area contributed by atoms with Crippen molar-refractivity contribution in [3.63, 3.8) is 0 Å². The topological polar surface area (TPSA) is 201 Å². The average Bonchev–Trinajstić information content (AvgIpc) is 1.59. The van der Waals surface area contributed by atoms with E-state index in [-0.39, 0.29) is 80.2 Å². The molecule has 4 aromatic carbocycles. The van der Waals surface area contributed by atoms with E-state index in [0.717, 1.165) is 147 Å². The molecule has 0 amide bonds.